The molecular formula is C14H25N3OS. The van der Waals surface area contributed by atoms with Gasteiger partial charge in [0.1, 0.15) is 0 Å². The summed E-state index contributed by atoms with van der Waals surface area (Å²) < 4.78 is 0. The SMILES string of the molecule is CCCNC(C)c1csc(NC(=O)C(C)(C)CC)n1. The Morgan fingerprint density at radius 1 is 1.47 bits per heavy atom. The van der Waals surface area contributed by atoms with Crippen LogP contribution in [0.5, 0.6) is 0 Å². The Morgan fingerprint density at radius 2 is 2.16 bits per heavy atom. The number of carbonyl (C=O) groups excluding carboxylic acids is 1. The highest BCUT2D eigenvalue weighted by molar-refractivity contribution is 7.13. The molecule has 4 nitrogen and oxygen atoms in total. The Balaban J connectivity index is 2.62. The van der Waals surface area contributed by atoms with Gasteiger partial charge in [-0.05, 0) is 26.3 Å². The van der Waals surface area contributed by atoms with Crippen molar-refractivity contribution in [2.45, 2.75) is 53.5 Å². The first-order valence-corrected chi connectivity index (χ1v) is 7.79. The van der Waals surface area contributed by atoms with E-state index in [4.69, 9.17) is 0 Å². The molecule has 1 unspecified atom stereocenters. The van der Waals surface area contributed by atoms with E-state index in [1.165, 1.54) is 11.3 Å². The Bertz CT molecular complexity index is 415. The van der Waals surface area contributed by atoms with Gasteiger partial charge in [0.15, 0.2) is 5.13 Å². The molecule has 1 amide bonds. The summed E-state index contributed by atoms with van der Waals surface area (Å²) in [6, 6.07) is 0.223. The molecule has 0 fully saturated rings. The van der Waals surface area contributed by atoms with Crippen molar-refractivity contribution in [3.05, 3.63) is 11.1 Å². The molecule has 2 N–H and O–H groups in total. The predicted octanol–water partition coefficient (Wildman–Crippen LogP) is 3.58. The van der Waals surface area contributed by atoms with Crippen LogP contribution >= 0.6 is 11.3 Å². The van der Waals surface area contributed by atoms with E-state index in [-0.39, 0.29) is 17.4 Å². The summed E-state index contributed by atoms with van der Waals surface area (Å²) in [7, 11) is 0. The van der Waals surface area contributed by atoms with Crippen LogP contribution in [0.25, 0.3) is 0 Å². The molecule has 0 saturated heterocycles. The van der Waals surface area contributed by atoms with E-state index in [1.54, 1.807) is 0 Å². The lowest BCUT2D eigenvalue weighted by Gasteiger charge is -2.20. The van der Waals surface area contributed by atoms with Crippen molar-refractivity contribution in [2.75, 3.05) is 11.9 Å². The lowest BCUT2D eigenvalue weighted by atomic mass is 9.89. The minimum absolute atomic E-state index is 0.0325. The maximum Gasteiger partial charge on any atom is 0.231 e. The Morgan fingerprint density at radius 3 is 2.74 bits per heavy atom. The molecule has 1 aromatic heterocycles. The second kappa shape index (κ2) is 7.01. The van der Waals surface area contributed by atoms with E-state index in [2.05, 4.69) is 29.5 Å². The first-order valence-electron chi connectivity index (χ1n) is 6.91. The number of aromatic nitrogens is 1. The maximum atomic E-state index is 12.1. The molecule has 0 aliphatic heterocycles. The smallest absolute Gasteiger partial charge is 0.231 e. The minimum atomic E-state index is -0.349. The standard InChI is InChI=1S/C14H25N3OS/c1-6-8-15-10(3)11-9-19-13(16-11)17-12(18)14(4,5)7-2/h9-10,15H,6-8H2,1-5H3,(H,16,17,18). The van der Waals surface area contributed by atoms with Crippen LogP contribution in [-0.2, 0) is 4.79 Å². The fraction of sp³-hybridized carbons (Fsp3) is 0.714. The molecule has 0 bridgehead atoms. The van der Waals surface area contributed by atoms with Gasteiger partial charge in [-0.1, -0.05) is 27.7 Å². The third-order valence-electron chi connectivity index (χ3n) is 3.39. The van der Waals surface area contributed by atoms with E-state index >= 15 is 0 Å². The zero-order chi connectivity index (χ0) is 14.5. The summed E-state index contributed by atoms with van der Waals surface area (Å²) >= 11 is 1.48. The van der Waals surface area contributed by atoms with Gasteiger partial charge < -0.3 is 10.6 Å². The van der Waals surface area contributed by atoms with Crippen molar-refractivity contribution in [1.82, 2.24) is 10.3 Å². The van der Waals surface area contributed by atoms with Crippen LogP contribution in [0.2, 0.25) is 0 Å². The molecule has 1 atom stereocenters. The Labute approximate surface area is 120 Å². The van der Waals surface area contributed by atoms with Gasteiger partial charge in [-0.2, -0.15) is 0 Å². The third-order valence-corrected chi connectivity index (χ3v) is 4.16. The molecule has 1 rings (SSSR count). The fourth-order valence-corrected chi connectivity index (χ4v) is 2.23. The second-order valence-corrected chi connectivity index (χ2v) is 6.30. The summed E-state index contributed by atoms with van der Waals surface area (Å²) in [5, 5.41) is 8.98. The van der Waals surface area contributed by atoms with Crippen LogP contribution in [0.3, 0.4) is 0 Å². The number of nitrogens with zero attached hydrogens (tertiary/aromatic N) is 1. The first-order chi connectivity index (χ1) is 8.90. The highest BCUT2D eigenvalue weighted by Crippen LogP contribution is 2.25. The first kappa shape index (κ1) is 16.1. The molecule has 0 aliphatic rings. The highest BCUT2D eigenvalue weighted by Gasteiger charge is 2.26. The van der Waals surface area contributed by atoms with Crippen molar-refractivity contribution in [3.63, 3.8) is 0 Å². The average molecular weight is 283 g/mol. The van der Waals surface area contributed by atoms with Crippen LogP contribution in [0.15, 0.2) is 5.38 Å². The van der Waals surface area contributed by atoms with Crippen LogP contribution in [0.4, 0.5) is 5.13 Å². The number of hydrogen-bond donors (Lipinski definition) is 2. The number of rotatable bonds is 7. The van der Waals surface area contributed by atoms with Gasteiger partial charge in [-0.15, -0.1) is 11.3 Å². The van der Waals surface area contributed by atoms with Gasteiger partial charge in [-0.3, -0.25) is 4.79 Å². The number of carbonyl (C=O) groups is 1. The average Bonchev–Trinajstić information content (AvgIpc) is 2.84. The Kier molecular flexibility index (Phi) is 5.94. The van der Waals surface area contributed by atoms with E-state index in [0.29, 0.717) is 5.13 Å². The van der Waals surface area contributed by atoms with Crippen molar-refractivity contribution in [3.8, 4) is 0 Å². The summed E-state index contributed by atoms with van der Waals surface area (Å²) in [6.45, 7) is 11.1. The number of hydrogen-bond acceptors (Lipinski definition) is 4. The summed E-state index contributed by atoms with van der Waals surface area (Å²) in [6.07, 6.45) is 1.91. The summed E-state index contributed by atoms with van der Waals surface area (Å²) in [5.41, 5.74) is 0.640. The van der Waals surface area contributed by atoms with Gasteiger partial charge in [0.25, 0.3) is 0 Å². The normalized spacial score (nSPS) is 13.3. The third kappa shape index (κ3) is 4.58. The Hall–Kier alpha value is -0.940. The van der Waals surface area contributed by atoms with Crippen molar-refractivity contribution in [1.29, 1.82) is 0 Å². The molecule has 0 radical (unpaired) electrons. The van der Waals surface area contributed by atoms with E-state index in [0.717, 1.165) is 25.1 Å². The predicted molar refractivity (Wildman–Crippen MR) is 81.5 cm³/mol. The lowest BCUT2D eigenvalue weighted by Crippen LogP contribution is -2.30. The topological polar surface area (TPSA) is 54.0 Å². The maximum absolute atomic E-state index is 12.1. The van der Waals surface area contributed by atoms with Crippen molar-refractivity contribution >= 4 is 22.4 Å². The fourth-order valence-electron chi connectivity index (χ4n) is 1.43. The van der Waals surface area contributed by atoms with Gasteiger partial charge in [0, 0.05) is 16.8 Å². The molecule has 1 heterocycles. The summed E-state index contributed by atoms with van der Waals surface area (Å²) in [5.74, 6) is 0.0325. The largest absolute Gasteiger partial charge is 0.309 e. The number of thiazole rings is 1. The van der Waals surface area contributed by atoms with E-state index < -0.39 is 0 Å². The number of amides is 1. The van der Waals surface area contributed by atoms with Gasteiger partial charge in [0.2, 0.25) is 5.91 Å². The zero-order valence-electron chi connectivity index (χ0n) is 12.5. The molecule has 0 saturated carbocycles. The lowest BCUT2D eigenvalue weighted by molar-refractivity contribution is -0.124. The number of anilines is 1. The molecule has 19 heavy (non-hydrogen) atoms. The van der Waals surface area contributed by atoms with Gasteiger partial charge in [-0.25, -0.2) is 4.98 Å². The zero-order valence-corrected chi connectivity index (χ0v) is 13.4. The van der Waals surface area contributed by atoms with Crippen LogP contribution in [0, 0.1) is 5.41 Å². The molecule has 0 spiro atoms. The van der Waals surface area contributed by atoms with E-state index in [1.807, 2.05) is 26.2 Å². The van der Waals surface area contributed by atoms with Gasteiger partial charge in [0.05, 0.1) is 5.69 Å². The quantitative estimate of drug-likeness (QED) is 0.804. The molecule has 1 aromatic rings. The van der Waals surface area contributed by atoms with Crippen molar-refractivity contribution in [2.24, 2.45) is 5.41 Å². The highest BCUT2D eigenvalue weighted by atomic mass is 32.1. The molecule has 0 aliphatic carbocycles. The number of nitrogens with one attached hydrogen (secondary N) is 2. The van der Waals surface area contributed by atoms with Crippen molar-refractivity contribution < 1.29 is 4.79 Å². The van der Waals surface area contributed by atoms with E-state index in [9.17, 15) is 4.79 Å². The minimum Gasteiger partial charge on any atom is -0.309 e. The van der Waals surface area contributed by atoms with Crippen LogP contribution < -0.4 is 10.6 Å². The molecule has 0 aromatic carbocycles. The van der Waals surface area contributed by atoms with Crippen LogP contribution in [-0.4, -0.2) is 17.4 Å². The monoisotopic (exact) mass is 283 g/mol. The second-order valence-electron chi connectivity index (χ2n) is 5.44. The van der Waals surface area contributed by atoms with Crippen LogP contribution in [0.1, 0.15) is 59.2 Å². The molecule has 108 valence electrons. The molecular weight excluding hydrogens is 258 g/mol. The van der Waals surface area contributed by atoms with Gasteiger partial charge >= 0.3 is 0 Å². The molecule has 5 heteroatoms. The summed E-state index contributed by atoms with van der Waals surface area (Å²) in [4.78, 5) is 16.5.